The maximum Gasteiger partial charge on any atom is 0.0865 e. The van der Waals surface area contributed by atoms with Crippen LogP contribution in [0.3, 0.4) is 0 Å². The van der Waals surface area contributed by atoms with Crippen molar-refractivity contribution in [2.75, 3.05) is 0 Å². The van der Waals surface area contributed by atoms with Gasteiger partial charge in [-0.1, -0.05) is 31.9 Å². The molecule has 0 saturated heterocycles. The number of hydrogen-bond donors (Lipinski definition) is 1. The number of hydrogen-bond acceptors (Lipinski definition) is 4. The molecule has 0 saturated carbocycles. The van der Waals surface area contributed by atoms with E-state index in [1.54, 1.807) is 24.8 Å². The van der Waals surface area contributed by atoms with Crippen LogP contribution in [0.2, 0.25) is 0 Å². The summed E-state index contributed by atoms with van der Waals surface area (Å²) in [4.78, 5) is 8.05. The SMILES string of the molecule is Brc1ccc2[nH]ncc2c1.Cc1ccncc1-n1ncc2cc(Br)ccc21.Cc1ccncc1Br. The molecule has 176 valence electrons. The first kappa shape index (κ1) is 25.2. The molecule has 0 radical (unpaired) electrons. The number of fused-ring (bicyclic) bond motifs is 2. The van der Waals surface area contributed by atoms with Crippen LogP contribution in [0.15, 0.2) is 99.1 Å². The number of pyridine rings is 2. The maximum absolute atomic E-state index is 4.42. The molecule has 1 N–H and O–H groups in total. The fourth-order valence-electron chi connectivity index (χ4n) is 3.23. The first-order chi connectivity index (χ1) is 16.9. The van der Waals surface area contributed by atoms with E-state index in [4.69, 9.17) is 0 Å². The van der Waals surface area contributed by atoms with Crippen molar-refractivity contribution in [3.63, 3.8) is 0 Å². The molecule has 6 aromatic rings. The van der Waals surface area contributed by atoms with Crippen molar-refractivity contribution in [2.45, 2.75) is 13.8 Å². The molecule has 4 aromatic heterocycles. The fourth-order valence-corrected chi connectivity index (χ4v) is 4.24. The third-order valence-corrected chi connectivity index (χ3v) is 6.96. The molecule has 2 aromatic carbocycles. The van der Waals surface area contributed by atoms with Crippen molar-refractivity contribution < 1.29 is 0 Å². The summed E-state index contributed by atoms with van der Waals surface area (Å²) in [5.74, 6) is 0. The standard InChI is InChI=1S/C13H10BrN3.C7H5BrN2.C6H6BrN/c1-9-4-5-15-8-13(9)17-12-3-2-11(14)6-10(12)7-16-17;8-6-1-2-7-5(3-6)4-9-10-7;1-5-2-3-8-4-6(5)7/h2-8H,1H3;1-4H,(H,9,10);2-4H,1H3. The van der Waals surface area contributed by atoms with Crippen molar-refractivity contribution in [3.05, 3.63) is 110 Å². The summed E-state index contributed by atoms with van der Waals surface area (Å²) in [6.07, 6.45) is 10.9. The Morgan fingerprint density at radius 2 is 1.40 bits per heavy atom. The molecule has 0 aliphatic rings. The lowest BCUT2D eigenvalue weighted by Crippen LogP contribution is -1.99. The van der Waals surface area contributed by atoms with Crippen LogP contribution in [0.1, 0.15) is 11.1 Å². The minimum absolute atomic E-state index is 1.02. The van der Waals surface area contributed by atoms with Gasteiger partial charge in [0.1, 0.15) is 0 Å². The molecule has 6 nitrogen and oxygen atoms in total. The van der Waals surface area contributed by atoms with Crippen LogP contribution >= 0.6 is 47.8 Å². The van der Waals surface area contributed by atoms with E-state index in [0.717, 1.165) is 46.5 Å². The van der Waals surface area contributed by atoms with E-state index in [2.05, 4.69) is 92.1 Å². The normalized spacial score (nSPS) is 10.4. The van der Waals surface area contributed by atoms with Crippen molar-refractivity contribution >= 4 is 69.6 Å². The second-order valence-electron chi connectivity index (χ2n) is 7.65. The third-order valence-electron chi connectivity index (χ3n) is 5.15. The lowest BCUT2D eigenvalue weighted by atomic mass is 10.2. The molecule has 6 rings (SSSR count). The van der Waals surface area contributed by atoms with Gasteiger partial charge < -0.3 is 0 Å². The molecule has 4 heterocycles. The van der Waals surface area contributed by atoms with Gasteiger partial charge in [-0.05, 0) is 89.4 Å². The number of rotatable bonds is 1. The highest BCUT2D eigenvalue weighted by Gasteiger charge is 2.07. The van der Waals surface area contributed by atoms with Crippen LogP contribution in [0, 0.1) is 13.8 Å². The Bertz CT molecular complexity index is 1550. The van der Waals surface area contributed by atoms with Gasteiger partial charge in [-0.15, -0.1) is 0 Å². The number of benzene rings is 2. The van der Waals surface area contributed by atoms with Gasteiger partial charge in [0, 0.05) is 42.8 Å². The molecule has 0 fully saturated rings. The summed E-state index contributed by atoms with van der Waals surface area (Å²) in [6, 6.07) is 16.1. The molecule has 0 spiro atoms. The second kappa shape index (κ2) is 11.7. The average Bonchev–Trinajstić information content (AvgIpc) is 3.48. The number of nitrogens with zero attached hydrogens (tertiary/aromatic N) is 5. The van der Waals surface area contributed by atoms with Gasteiger partial charge in [0.2, 0.25) is 0 Å². The van der Waals surface area contributed by atoms with E-state index in [9.17, 15) is 0 Å². The number of halogens is 3. The Hall–Kier alpha value is -2.88. The Morgan fingerprint density at radius 3 is 2.09 bits per heavy atom. The zero-order valence-corrected chi connectivity index (χ0v) is 23.7. The summed E-state index contributed by atoms with van der Waals surface area (Å²) in [6.45, 7) is 4.09. The van der Waals surface area contributed by atoms with Gasteiger partial charge in [-0.25, -0.2) is 4.68 Å². The molecule has 0 unspecified atom stereocenters. The summed E-state index contributed by atoms with van der Waals surface area (Å²) >= 11 is 10.2. The molecular weight excluding hydrogens is 636 g/mol. The van der Waals surface area contributed by atoms with Crippen LogP contribution in [-0.4, -0.2) is 29.9 Å². The molecule has 9 heteroatoms. The van der Waals surface area contributed by atoms with Gasteiger partial charge in [-0.3, -0.25) is 15.1 Å². The molecular formula is C26H21Br3N6. The zero-order chi connectivity index (χ0) is 24.8. The summed E-state index contributed by atoms with van der Waals surface area (Å²) in [5.41, 5.74) is 5.56. The van der Waals surface area contributed by atoms with E-state index in [-0.39, 0.29) is 0 Å². The van der Waals surface area contributed by atoms with Crippen molar-refractivity contribution in [1.82, 2.24) is 29.9 Å². The summed E-state index contributed by atoms with van der Waals surface area (Å²) in [5, 5.41) is 13.4. The van der Waals surface area contributed by atoms with Gasteiger partial charge in [0.15, 0.2) is 0 Å². The predicted octanol–water partition coefficient (Wildman–Crippen LogP) is 7.97. The predicted molar refractivity (Wildman–Crippen MR) is 152 cm³/mol. The smallest absolute Gasteiger partial charge is 0.0865 e. The van der Waals surface area contributed by atoms with Gasteiger partial charge in [0.25, 0.3) is 0 Å². The monoisotopic (exact) mass is 654 g/mol. The first-order valence-electron chi connectivity index (χ1n) is 10.6. The highest BCUT2D eigenvalue weighted by atomic mass is 79.9. The van der Waals surface area contributed by atoms with E-state index < -0.39 is 0 Å². The molecule has 0 aliphatic heterocycles. The van der Waals surface area contributed by atoms with E-state index in [1.165, 1.54) is 5.56 Å². The average molecular weight is 657 g/mol. The Balaban J connectivity index is 0.000000136. The van der Waals surface area contributed by atoms with Gasteiger partial charge in [0.05, 0.1) is 35.3 Å². The van der Waals surface area contributed by atoms with Crippen LogP contribution < -0.4 is 0 Å². The minimum Gasteiger partial charge on any atom is -0.278 e. The zero-order valence-electron chi connectivity index (χ0n) is 19.0. The fraction of sp³-hybridized carbons (Fsp3) is 0.0769. The van der Waals surface area contributed by atoms with E-state index in [1.807, 2.05) is 60.4 Å². The lowest BCUT2D eigenvalue weighted by Gasteiger charge is -2.06. The van der Waals surface area contributed by atoms with Crippen LogP contribution in [0.4, 0.5) is 0 Å². The Labute approximate surface area is 228 Å². The molecule has 35 heavy (non-hydrogen) atoms. The van der Waals surface area contributed by atoms with Crippen LogP contribution in [0.5, 0.6) is 0 Å². The Kier molecular flexibility index (Phi) is 8.43. The second-order valence-corrected chi connectivity index (χ2v) is 10.3. The maximum atomic E-state index is 4.42. The molecule has 0 bridgehead atoms. The Morgan fingerprint density at radius 1 is 0.714 bits per heavy atom. The van der Waals surface area contributed by atoms with E-state index in [0.29, 0.717) is 0 Å². The minimum atomic E-state index is 1.02. The number of aromatic amines is 1. The summed E-state index contributed by atoms with van der Waals surface area (Å²) in [7, 11) is 0. The molecule has 0 amide bonds. The quantitative estimate of drug-likeness (QED) is 0.195. The van der Waals surface area contributed by atoms with Gasteiger partial charge >= 0.3 is 0 Å². The highest BCUT2D eigenvalue weighted by molar-refractivity contribution is 9.11. The molecule has 0 aliphatic carbocycles. The van der Waals surface area contributed by atoms with Gasteiger partial charge in [-0.2, -0.15) is 10.2 Å². The van der Waals surface area contributed by atoms with Crippen molar-refractivity contribution in [3.8, 4) is 5.69 Å². The number of H-pyrrole nitrogens is 1. The largest absolute Gasteiger partial charge is 0.278 e. The highest BCUT2D eigenvalue weighted by Crippen LogP contribution is 2.23. The molecule has 0 atom stereocenters. The third kappa shape index (κ3) is 6.42. The van der Waals surface area contributed by atoms with Crippen LogP contribution in [-0.2, 0) is 0 Å². The first-order valence-corrected chi connectivity index (χ1v) is 13.0. The van der Waals surface area contributed by atoms with E-state index >= 15 is 0 Å². The lowest BCUT2D eigenvalue weighted by molar-refractivity contribution is 0.894. The topological polar surface area (TPSA) is 72.3 Å². The number of aryl methyl sites for hydroxylation is 2. The van der Waals surface area contributed by atoms with Crippen molar-refractivity contribution in [1.29, 1.82) is 0 Å². The van der Waals surface area contributed by atoms with Crippen molar-refractivity contribution in [2.24, 2.45) is 0 Å². The number of aromatic nitrogens is 6. The summed E-state index contributed by atoms with van der Waals surface area (Å²) < 4.78 is 5.14. The number of nitrogens with one attached hydrogen (secondary N) is 1. The van der Waals surface area contributed by atoms with Crippen LogP contribution in [0.25, 0.3) is 27.5 Å².